The molecule has 2 amide bonds. The Kier molecular flexibility index (Phi) is 3.22. The Morgan fingerprint density at radius 2 is 1.67 bits per heavy atom. The molecule has 0 N–H and O–H groups in total. The molecule has 2 aromatic carbocycles. The summed E-state index contributed by atoms with van der Waals surface area (Å²) in [6.45, 7) is 0. The third-order valence-corrected chi connectivity index (χ3v) is 7.31. The van der Waals surface area contributed by atoms with Crippen LogP contribution in [0.4, 0.5) is 0 Å². The number of hydrogen-bond acceptors (Lipinski definition) is 6. The Balaban J connectivity index is 1.49. The molecule has 27 heavy (non-hydrogen) atoms. The fourth-order valence-electron chi connectivity index (χ4n) is 4.46. The normalized spacial score (nSPS) is 26.6. The minimum absolute atomic E-state index is 0.0607. The largest absolute Gasteiger partial charge is 0.299 e. The van der Waals surface area contributed by atoms with Crippen molar-refractivity contribution in [2.75, 3.05) is 5.75 Å². The minimum Gasteiger partial charge on any atom is -0.299 e. The first-order valence-electron chi connectivity index (χ1n) is 8.68. The number of hydroxylamine groups is 2. The third-order valence-electron chi connectivity index (χ3n) is 6.06. The number of ketones is 1. The molecule has 7 nitrogen and oxygen atoms in total. The molecule has 0 aromatic heterocycles. The Hall–Kier alpha value is -2.58. The summed E-state index contributed by atoms with van der Waals surface area (Å²) in [6.07, 6.45) is 1.72. The van der Waals surface area contributed by atoms with Crippen LogP contribution in [0.15, 0.2) is 36.4 Å². The minimum atomic E-state index is -4.29. The summed E-state index contributed by atoms with van der Waals surface area (Å²) >= 11 is 0. The van der Waals surface area contributed by atoms with Crippen molar-refractivity contribution in [1.82, 2.24) is 5.06 Å². The second-order valence-corrected chi connectivity index (χ2v) is 8.96. The maximum atomic E-state index is 12.7. The number of hydrogen-bond donors (Lipinski definition) is 0. The SMILES string of the molecule is O=C1c2cccc3cccc(c23)C(=O)N1OS(=O)(=O)CC12CCC1CC2=O. The lowest BCUT2D eigenvalue weighted by atomic mass is 9.48. The predicted octanol–water partition coefficient (Wildman–Crippen LogP) is 2.07. The number of Topliss-reactive ketones (excluding diaryl/α,β-unsaturated/α-hetero) is 1. The average Bonchev–Trinajstić information content (AvgIpc) is 2.65. The Labute approximate surface area is 155 Å². The van der Waals surface area contributed by atoms with Gasteiger partial charge in [0, 0.05) is 17.2 Å². The highest BCUT2D eigenvalue weighted by Crippen LogP contribution is 2.59. The number of amides is 2. The van der Waals surface area contributed by atoms with Gasteiger partial charge in [0.1, 0.15) is 5.78 Å². The Morgan fingerprint density at radius 3 is 2.15 bits per heavy atom. The number of imide groups is 1. The van der Waals surface area contributed by atoms with E-state index in [-0.39, 0.29) is 22.8 Å². The highest BCUT2D eigenvalue weighted by atomic mass is 32.2. The average molecular weight is 385 g/mol. The molecular weight excluding hydrogens is 370 g/mol. The van der Waals surface area contributed by atoms with Gasteiger partial charge in [-0.25, -0.2) is 0 Å². The molecule has 0 spiro atoms. The fraction of sp³-hybridized carbons (Fsp3) is 0.316. The van der Waals surface area contributed by atoms with Crippen molar-refractivity contribution in [2.24, 2.45) is 11.3 Å². The summed E-state index contributed by atoms with van der Waals surface area (Å²) in [4.78, 5) is 37.4. The lowest BCUT2D eigenvalue weighted by Crippen LogP contribution is -2.61. The molecule has 0 saturated heterocycles. The lowest BCUT2D eigenvalue weighted by Gasteiger charge is -2.56. The van der Waals surface area contributed by atoms with Crippen molar-refractivity contribution in [3.63, 3.8) is 0 Å². The molecule has 0 radical (unpaired) electrons. The van der Waals surface area contributed by atoms with E-state index in [1.165, 1.54) is 12.1 Å². The van der Waals surface area contributed by atoms with Gasteiger partial charge in [0.2, 0.25) is 0 Å². The van der Waals surface area contributed by atoms with Gasteiger partial charge in [-0.05, 0) is 36.3 Å². The summed E-state index contributed by atoms with van der Waals surface area (Å²) in [5.74, 6) is -2.17. The first kappa shape index (κ1) is 16.6. The van der Waals surface area contributed by atoms with Crippen molar-refractivity contribution in [3.05, 3.63) is 47.5 Å². The van der Waals surface area contributed by atoms with Crippen LogP contribution in [0.2, 0.25) is 0 Å². The van der Waals surface area contributed by atoms with Gasteiger partial charge in [0.05, 0.1) is 16.9 Å². The number of benzene rings is 2. The van der Waals surface area contributed by atoms with E-state index in [1.807, 2.05) is 0 Å². The van der Waals surface area contributed by atoms with Gasteiger partial charge in [0.15, 0.2) is 0 Å². The standard InChI is InChI=1S/C19H15NO6S/c21-15-9-12-7-8-19(12,15)10-27(24,25)26-20-17(22)13-5-1-3-11-4-2-6-14(16(11)13)18(20)23/h1-6,12H,7-10H2. The monoisotopic (exact) mass is 385 g/mol. The van der Waals surface area contributed by atoms with Crippen LogP contribution in [0, 0.1) is 11.3 Å². The van der Waals surface area contributed by atoms with E-state index >= 15 is 0 Å². The van der Waals surface area contributed by atoms with Crippen LogP contribution in [0.25, 0.3) is 10.8 Å². The summed E-state index contributed by atoms with van der Waals surface area (Å²) in [7, 11) is -4.29. The highest BCUT2D eigenvalue weighted by Gasteiger charge is 2.62. The quantitative estimate of drug-likeness (QED) is 0.748. The first-order valence-corrected chi connectivity index (χ1v) is 10.3. The summed E-state index contributed by atoms with van der Waals surface area (Å²) in [5.41, 5.74) is -0.479. The lowest BCUT2D eigenvalue weighted by molar-refractivity contribution is -0.157. The van der Waals surface area contributed by atoms with Crippen LogP contribution >= 0.6 is 0 Å². The second kappa shape index (κ2) is 5.24. The molecule has 1 aliphatic heterocycles. The number of carbonyl (C=O) groups is 3. The zero-order valence-corrected chi connectivity index (χ0v) is 15.0. The van der Waals surface area contributed by atoms with Gasteiger partial charge in [0.25, 0.3) is 21.9 Å². The number of nitrogens with zero attached hydrogens (tertiary/aromatic N) is 1. The Morgan fingerprint density at radius 1 is 1.04 bits per heavy atom. The number of carbonyl (C=O) groups excluding carboxylic acids is 3. The van der Waals surface area contributed by atoms with E-state index in [0.29, 0.717) is 28.7 Å². The van der Waals surface area contributed by atoms with Crippen LogP contribution in [-0.4, -0.2) is 36.8 Å². The van der Waals surface area contributed by atoms with E-state index in [0.717, 1.165) is 6.42 Å². The molecule has 8 heteroatoms. The molecule has 2 saturated carbocycles. The summed E-state index contributed by atoms with van der Waals surface area (Å²) < 4.78 is 30.1. The first-order chi connectivity index (χ1) is 12.8. The van der Waals surface area contributed by atoms with Crippen LogP contribution < -0.4 is 0 Å². The van der Waals surface area contributed by atoms with Crippen molar-refractivity contribution in [1.29, 1.82) is 0 Å². The van der Waals surface area contributed by atoms with Gasteiger partial charge < -0.3 is 0 Å². The molecule has 2 atom stereocenters. The van der Waals surface area contributed by atoms with E-state index in [2.05, 4.69) is 0 Å². The molecule has 0 bridgehead atoms. The molecule has 2 unspecified atom stereocenters. The van der Waals surface area contributed by atoms with Gasteiger partial charge in [-0.3, -0.25) is 14.4 Å². The van der Waals surface area contributed by atoms with Crippen LogP contribution in [0.3, 0.4) is 0 Å². The van der Waals surface area contributed by atoms with Crippen molar-refractivity contribution in [2.45, 2.75) is 19.3 Å². The van der Waals surface area contributed by atoms with Gasteiger partial charge in [-0.1, -0.05) is 24.3 Å². The van der Waals surface area contributed by atoms with Crippen LogP contribution in [-0.2, 0) is 19.2 Å². The second-order valence-electron chi connectivity index (χ2n) is 7.41. The van der Waals surface area contributed by atoms with E-state index in [1.54, 1.807) is 24.3 Å². The van der Waals surface area contributed by atoms with Gasteiger partial charge in [-0.15, -0.1) is 9.35 Å². The number of rotatable bonds is 4. The maximum absolute atomic E-state index is 12.7. The summed E-state index contributed by atoms with van der Waals surface area (Å²) in [6, 6.07) is 9.92. The highest BCUT2D eigenvalue weighted by molar-refractivity contribution is 7.86. The van der Waals surface area contributed by atoms with Crippen molar-refractivity contribution < 1.29 is 27.1 Å². The predicted molar refractivity (Wildman–Crippen MR) is 94.1 cm³/mol. The molecule has 2 aliphatic carbocycles. The zero-order valence-electron chi connectivity index (χ0n) is 14.2. The smallest absolute Gasteiger partial charge is 0.289 e. The van der Waals surface area contributed by atoms with Gasteiger partial charge >= 0.3 is 0 Å². The van der Waals surface area contributed by atoms with Crippen molar-refractivity contribution in [3.8, 4) is 0 Å². The summed E-state index contributed by atoms with van der Waals surface area (Å²) in [5, 5.41) is 1.50. The van der Waals surface area contributed by atoms with E-state index in [9.17, 15) is 22.8 Å². The number of fused-ring (bicyclic) bond motifs is 1. The van der Waals surface area contributed by atoms with Gasteiger partial charge in [-0.2, -0.15) is 8.42 Å². The van der Waals surface area contributed by atoms with E-state index in [4.69, 9.17) is 4.28 Å². The topological polar surface area (TPSA) is 97.8 Å². The molecule has 138 valence electrons. The maximum Gasteiger partial charge on any atom is 0.289 e. The van der Waals surface area contributed by atoms with Crippen LogP contribution in [0.1, 0.15) is 40.0 Å². The molecule has 1 heterocycles. The Bertz CT molecular complexity index is 1100. The third kappa shape index (κ3) is 2.17. The molecule has 3 aliphatic rings. The zero-order chi connectivity index (χ0) is 19.0. The van der Waals surface area contributed by atoms with Crippen molar-refractivity contribution >= 4 is 38.5 Å². The fourth-order valence-corrected chi connectivity index (χ4v) is 6.05. The molecule has 2 fully saturated rings. The van der Waals surface area contributed by atoms with Crippen LogP contribution in [0.5, 0.6) is 0 Å². The molecular formula is C19H15NO6S. The molecule has 5 rings (SSSR count). The van der Waals surface area contributed by atoms with E-state index < -0.39 is 33.1 Å². The molecule has 2 aromatic rings.